The van der Waals surface area contributed by atoms with Crippen molar-refractivity contribution in [3.05, 3.63) is 41.6 Å². The standard InChI is InChI=1S/C14H18N6O/c1-8(2)13-17-7-10(20-15)12(19-13)14(21)18-11-6-9(3)4-5-16-11/h4-8,20H,15H2,1-3H3,(H,16,18,21). The van der Waals surface area contributed by atoms with E-state index in [-0.39, 0.29) is 17.5 Å². The molecule has 110 valence electrons. The van der Waals surface area contributed by atoms with Gasteiger partial charge in [-0.15, -0.1) is 0 Å². The highest BCUT2D eigenvalue weighted by Gasteiger charge is 2.16. The zero-order valence-corrected chi connectivity index (χ0v) is 12.2. The molecule has 7 nitrogen and oxygen atoms in total. The van der Waals surface area contributed by atoms with Crippen LogP contribution < -0.4 is 16.6 Å². The molecule has 0 aromatic carbocycles. The quantitative estimate of drug-likeness (QED) is 0.585. The molecule has 0 radical (unpaired) electrons. The number of pyridine rings is 1. The summed E-state index contributed by atoms with van der Waals surface area (Å²) < 4.78 is 0. The van der Waals surface area contributed by atoms with Gasteiger partial charge in [0, 0.05) is 12.1 Å². The number of aromatic nitrogens is 3. The second-order valence-corrected chi connectivity index (χ2v) is 4.96. The van der Waals surface area contributed by atoms with Gasteiger partial charge in [-0.1, -0.05) is 13.8 Å². The Hall–Kier alpha value is -2.54. The third-order valence-corrected chi connectivity index (χ3v) is 2.85. The topological polar surface area (TPSA) is 106 Å². The number of nitrogens with one attached hydrogen (secondary N) is 2. The van der Waals surface area contributed by atoms with Crippen molar-refractivity contribution < 1.29 is 4.79 Å². The van der Waals surface area contributed by atoms with Crippen molar-refractivity contribution in [2.45, 2.75) is 26.7 Å². The highest BCUT2D eigenvalue weighted by atomic mass is 16.2. The van der Waals surface area contributed by atoms with Crippen LogP contribution in [0.5, 0.6) is 0 Å². The first-order valence-corrected chi connectivity index (χ1v) is 6.59. The molecule has 0 saturated carbocycles. The molecule has 0 fully saturated rings. The number of amides is 1. The molecule has 2 aromatic rings. The third kappa shape index (κ3) is 3.51. The summed E-state index contributed by atoms with van der Waals surface area (Å²) >= 11 is 0. The van der Waals surface area contributed by atoms with Gasteiger partial charge in [0.15, 0.2) is 5.69 Å². The Bertz CT molecular complexity index is 656. The number of aryl methyl sites for hydroxylation is 1. The fourth-order valence-electron chi connectivity index (χ4n) is 1.73. The first kappa shape index (κ1) is 14.9. The van der Waals surface area contributed by atoms with Crippen LogP contribution in [0.2, 0.25) is 0 Å². The van der Waals surface area contributed by atoms with Crippen LogP contribution in [-0.4, -0.2) is 20.9 Å². The van der Waals surface area contributed by atoms with Crippen molar-refractivity contribution in [1.82, 2.24) is 15.0 Å². The van der Waals surface area contributed by atoms with Crippen LogP contribution in [-0.2, 0) is 0 Å². The summed E-state index contributed by atoms with van der Waals surface area (Å²) in [7, 11) is 0. The van der Waals surface area contributed by atoms with Crippen molar-refractivity contribution in [1.29, 1.82) is 0 Å². The maximum absolute atomic E-state index is 12.3. The molecule has 0 spiro atoms. The summed E-state index contributed by atoms with van der Waals surface area (Å²) in [6, 6.07) is 3.63. The van der Waals surface area contributed by atoms with Crippen LogP contribution in [0, 0.1) is 6.92 Å². The Morgan fingerprint density at radius 2 is 2.10 bits per heavy atom. The lowest BCUT2D eigenvalue weighted by Crippen LogP contribution is -2.21. The van der Waals surface area contributed by atoms with Crippen molar-refractivity contribution >= 4 is 17.4 Å². The first-order chi connectivity index (χ1) is 10.0. The third-order valence-electron chi connectivity index (χ3n) is 2.85. The predicted octanol–water partition coefficient (Wildman–Crippen LogP) is 1.84. The van der Waals surface area contributed by atoms with Crippen LogP contribution in [0.25, 0.3) is 0 Å². The van der Waals surface area contributed by atoms with Gasteiger partial charge in [-0.25, -0.2) is 15.0 Å². The lowest BCUT2D eigenvalue weighted by molar-refractivity contribution is 0.102. The van der Waals surface area contributed by atoms with Crippen molar-refractivity contribution in [3.8, 4) is 0 Å². The van der Waals surface area contributed by atoms with Gasteiger partial charge in [0.2, 0.25) is 0 Å². The van der Waals surface area contributed by atoms with Crippen LogP contribution in [0.3, 0.4) is 0 Å². The fourth-order valence-corrected chi connectivity index (χ4v) is 1.73. The molecule has 0 aliphatic heterocycles. The van der Waals surface area contributed by atoms with E-state index < -0.39 is 0 Å². The number of anilines is 2. The number of rotatable bonds is 4. The van der Waals surface area contributed by atoms with Gasteiger partial charge in [-0.3, -0.25) is 10.6 Å². The number of carbonyl (C=O) groups is 1. The average molecular weight is 286 g/mol. The molecular weight excluding hydrogens is 268 g/mol. The number of nitrogens with two attached hydrogens (primary N) is 1. The van der Waals surface area contributed by atoms with Crippen molar-refractivity contribution in [2.75, 3.05) is 10.7 Å². The molecule has 0 unspecified atom stereocenters. The molecule has 2 aromatic heterocycles. The van der Waals surface area contributed by atoms with Gasteiger partial charge in [0.25, 0.3) is 5.91 Å². The molecule has 2 heterocycles. The highest BCUT2D eigenvalue weighted by molar-refractivity contribution is 6.05. The minimum atomic E-state index is -0.384. The molecule has 0 aliphatic rings. The summed E-state index contributed by atoms with van der Waals surface area (Å²) in [5, 5.41) is 2.70. The van der Waals surface area contributed by atoms with Gasteiger partial charge in [0.05, 0.1) is 11.9 Å². The molecule has 0 atom stereocenters. The summed E-state index contributed by atoms with van der Waals surface area (Å²) in [5.41, 5.74) is 4.00. The number of carbonyl (C=O) groups excluding carboxylic acids is 1. The van der Waals surface area contributed by atoms with E-state index in [1.807, 2.05) is 26.8 Å². The lowest BCUT2D eigenvalue weighted by atomic mass is 10.2. The molecule has 4 N–H and O–H groups in total. The van der Waals surface area contributed by atoms with Gasteiger partial charge >= 0.3 is 0 Å². The predicted molar refractivity (Wildman–Crippen MR) is 80.9 cm³/mol. The normalized spacial score (nSPS) is 10.5. The average Bonchev–Trinajstić information content (AvgIpc) is 2.46. The van der Waals surface area contributed by atoms with E-state index >= 15 is 0 Å². The van der Waals surface area contributed by atoms with Crippen molar-refractivity contribution in [3.63, 3.8) is 0 Å². The summed E-state index contributed by atoms with van der Waals surface area (Å²) in [6.07, 6.45) is 3.13. The largest absolute Gasteiger partial charge is 0.321 e. The molecule has 0 saturated heterocycles. The maximum Gasteiger partial charge on any atom is 0.277 e. The first-order valence-electron chi connectivity index (χ1n) is 6.59. The molecule has 7 heteroatoms. The number of nitrogen functional groups attached to an aromatic ring is 1. The second kappa shape index (κ2) is 6.27. The Labute approximate surface area is 123 Å². The lowest BCUT2D eigenvalue weighted by Gasteiger charge is -2.11. The minimum absolute atomic E-state index is 0.112. The minimum Gasteiger partial charge on any atom is -0.321 e. The second-order valence-electron chi connectivity index (χ2n) is 4.96. The molecule has 0 bridgehead atoms. The van der Waals surface area contributed by atoms with E-state index in [0.717, 1.165) is 5.56 Å². The summed E-state index contributed by atoms with van der Waals surface area (Å²) in [6.45, 7) is 5.83. The van der Waals surface area contributed by atoms with E-state index in [4.69, 9.17) is 5.84 Å². The summed E-state index contributed by atoms with van der Waals surface area (Å²) in [5.74, 6) is 6.18. The van der Waals surface area contributed by atoms with Crippen LogP contribution in [0.4, 0.5) is 11.5 Å². The van der Waals surface area contributed by atoms with Gasteiger partial charge in [0.1, 0.15) is 11.6 Å². The van der Waals surface area contributed by atoms with E-state index in [2.05, 4.69) is 25.7 Å². The molecule has 0 aliphatic carbocycles. The van der Waals surface area contributed by atoms with E-state index in [9.17, 15) is 4.79 Å². The zero-order valence-electron chi connectivity index (χ0n) is 12.2. The Kier molecular flexibility index (Phi) is 4.44. The van der Waals surface area contributed by atoms with Crippen LogP contribution >= 0.6 is 0 Å². The van der Waals surface area contributed by atoms with Gasteiger partial charge < -0.3 is 10.7 Å². The number of hydrazine groups is 1. The Morgan fingerprint density at radius 1 is 1.33 bits per heavy atom. The van der Waals surface area contributed by atoms with E-state index in [1.165, 1.54) is 6.20 Å². The SMILES string of the molecule is Cc1ccnc(NC(=O)c2nc(C(C)C)ncc2NN)c1. The molecular formula is C14H18N6O. The Morgan fingerprint density at radius 3 is 2.71 bits per heavy atom. The number of nitrogens with zero attached hydrogens (tertiary/aromatic N) is 3. The van der Waals surface area contributed by atoms with Gasteiger partial charge in [-0.05, 0) is 24.6 Å². The van der Waals surface area contributed by atoms with Crippen molar-refractivity contribution in [2.24, 2.45) is 5.84 Å². The number of hydrogen-bond donors (Lipinski definition) is 3. The smallest absolute Gasteiger partial charge is 0.277 e. The molecule has 2 rings (SSSR count). The monoisotopic (exact) mass is 286 g/mol. The number of hydrogen-bond acceptors (Lipinski definition) is 6. The van der Waals surface area contributed by atoms with Gasteiger partial charge in [-0.2, -0.15) is 0 Å². The van der Waals surface area contributed by atoms with Crippen LogP contribution in [0.1, 0.15) is 41.6 Å². The Balaban J connectivity index is 2.31. The molecule has 1 amide bonds. The maximum atomic E-state index is 12.3. The zero-order chi connectivity index (χ0) is 15.4. The highest BCUT2D eigenvalue weighted by Crippen LogP contribution is 2.17. The van der Waals surface area contributed by atoms with E-state index in [1.54, 1.807) is 12.3 Å². The van der Waals surface area contributed by atoms with Crippen LogP contribution in [0.15, 0.2) is 24.5 Å². The van der Waals surface area contributed by atoms with E-state index in [0.29, 0.717) is 17.3 Å². The summed E-state index contributed by atoms with van der Waals surface area (Å²) in [4.78, 5) is 24.9. The molecule has 21 heavy (non-hydrogen) atoms. The fraction of sp³-hybridized carbons (Fsp3) is 0.286.